The number of pyridine rings is 1. The number of nitrogens with one attached hydrogen (secondary N) is 1. The van der Waals surface area contributed by atoms with Crippen LogP contribution in [-0.4, -0.2) is 17.0 Å². The second kappa shape index (κ2) is 4.00. The lowest BCUT2D eigenvalue weighted by atomic mass is 10.4. The smallest absolute Gasteiger partial charge is 0.222 e. The first-order chi connectivity index (χ1) is 5.79. The van der Waals surface area contributed by atoms with Crippen molar-refractivity contribution in [1.82, 2.24) is 4.98 Å². The van der Waals surface area contributed by atoms with Gasteiger partial charge in [-0.05, 0) is 12.1 Å². The third kappa shape index (κ3) is 2.72. The van der Waals surface area contributed by atoms with Crippen LogP contribution in [0.15, 0.2) is 34.5 Å². The fraction of sp³-hybridized carbons (Fsp3) is 0. The van der Waals surface area contributed by atoms with Gasteiger partial charge in [0.15, 0.2) is 0 Å². The van der Waals surface area contributed by atoms with Gasteiger partial charge in [0.1, 0.15) is 6.01 Å². The molecule has 0 saturated heterocycles. The first-order valence-electron chi connectivity index (χ1n) is 3.19. The minimum Gasteiger partial charge on any atom is -0.368 e. The molecule has 0 aromatic carbocycles. The number of nitrogens with zero attached hydrogens (tertiary/aromatic N) is 3. The molecule has 3 N–H and O–H groups in total. The second-order valence-electron chi connectivity index (χ2n) is 1.92. The number of hydrogen-bond donors (Lipinski definition) is 2. The van der Waals surface area contributed by atoms with Gasteiger partial charge in [-0.1, -0.05) is 0 Å². The molecule has 0 aliphatic carbocycles. The Morgan fingerprint density at radius 1 is 1.67 bits per heavy atom. The van der Waals surface area contributed by atoms with Gasteiger partial charge in [-0.3, -0.25) is 10.4 Å². The van der Waals surface area contributed by atoms with E-state index in [-0.39, 0.29) is 5.96 Å². The van der Waals surface area contributed by atoms with Crippen molar-refractivity contribution >= 4 is 17.7 Å². The van der Waals surface area contributed by atoms with E-state index in [0.717, 1.165) is 0 Å². The van der Waals surface area contributed by atoms with Crippen LogP contribution >= 0.6 is 0 Å². The Morgan fingerprint density at radius 3 is 3.08 bits per heavy atom. The Hall–Kier alpha value is -2.00. The molecule has 0 radical (unpaired) electrons. The van der Waals surface area contributed by atoms with Gasteiger partial charge < -0.3 is 5.73 Å². The molecule has 0 aliphatic rings. The highest BCUT2D eigenvalue weighted by molar-refractivity contribution is 5.81. The summed E-state index contributed by atoms with van der Waals surface area (Å²) in [6.07, 6.45) is 3.20. The molecule has 0 aliphatic heterocycles. The molecular weight excluding hydrogens is 154 g/mol. The van der Waals surface area contributed by atoms with Gasteiger partial charge in [-0.15, -0.1) is 0 Å². The van der Waals surface area contributed by atoms with Crippen LogP contribution in [0.1, 0.15) is 0 Å². The van der Waals surface area contributed by atoms with Crippen LogP contribution < -0.4 is 5.73 Å². The average Bonchev–Trinajstić information content (AvgIpc) is 2.05. The summed E-state index contributed by atoms with van der Waals surface area (Å²) in [5, 5.41) is 6.73. The summed E-state index contributed by atoms with van der Waals surface area (Å²) in [6, 6.07) is 5.75. The second-order valence-corrected chi connectivity index (χ2v) is 1.92. The van der Waals surface area contributed by atoms with Crippen molar-refractivity contribution in [3.63, 3.8) is 0 Å². The van der Waals surface area contributed by atoms with Crippen LogP contribution in [-0.2, 0) is 0 Å². The van der Waals surface area contributed by atoms with Gasteiger partial charge in [0.25, 0.3) is 0 Å². The quantitative estimate of drug-likeness (QED) is 0.471. The standard InChI is InChI=1S/C7H7N5/c8-7(9)12-5-11-6-2-1-3-10-4-6/h1-4H,(H3,8,9). The lowest BCUT2D eigenvalue weighted by Gasteiger charge is -1.84. The summed E-state index contributed by atoms with van der Waals surface area (Å²) >= 11 is 0. The highest BCUT2D eigenvalue weighted by Crippen LogP contribution is 2.04. The van der Waals surface area contributed by atoms with E-state index in [0.29, 0.717) is 5.69 Å². The van der Waals surface area contributed by atoms with Crippen molar-refractivity contribution in [2.45, 2.75) is 0 Å². The third-order valence-electron chi connectivity index (χ3n) is 0.995. The molecule has 60 valence electrons. The van der Waals surface area contributed by atoms with Gasteiger partial charge in [0.05, 0.1) is 11.9 Å². The van der Waals surface area contributed by atoms with E-state index in [1.54, 1.807) is 24.5 Å². The molecule has 0 spiro atoms. The minimum atomic E-state index is -0.317. The molecule has 1 aromatic heterocycles. The number of hydrogen-bond acceptors (Lipinski definition) is 3. The van der Waals surface area contributed by atoms with E-state index in [1.165, 1.54) is 0 Å². The first-order valence-corrected chi connectivity index (χ1v) is 3.19. The van der Waals surface area contributed by atoms with Crippen molar-refractivity contribution < 1.29 is 0 Å². The highest BCUT2D eigenvalue weighted by atomic mass is 15.0. The first kappa shape index (κ1) is 8.10. The molecule has 0 unspecified atom stereocenters. The normalized spacial score (nSPS) is 8.33. The molecule has 0 saturated carbocycles. The number of nitrogens with two attached hydrogens (primary N) is 1. The predicted molar refractivity (Wildman–Crippen MR) is 45.7 cm³/mol. The van der Waals surface area contributed by atoms with Crippen molar-refractivity contribution in [2.24, 2.45) is 15.7 Å². The molecule has 0 atom stereocenters. The van der Waals surface area contributed by atoms with Crippen molar-refractivity contribution in [3.05, 3.63) is 24.5 Å². The summed E-state index contributed by atoms with van der Waals surface area (Å²) in [4.78, 5) is 10.9. The van der Waals surface area contributed by atoms with E-state index in [4.69, 9.17) is 11.1 Å². The van der Waals surface area contributed by atoms with Crippen molar-refractivity contribution in [2.75, 3.05) is 0 Å². The number of aromatic nitrogens is 1. The topological polar surface area (TPSA) is 87.5 Å². The summed E-state index contributed by atoms with van der Waals surface area (Å²) in [7, 11) is 0. The summed E-state index contributed by atoms with van der Waals surface area (Å²) < 4.78 is 0. The van der Waals surface area contributed by atoms with Gasteiger partial charge in [-0.2, -0.15) is 9.98 Å². The Bertz CT molecular complexity index is 323. The Labute approximate surface area is 69.2 Å². The van der Waals surface area contributed by atoms with Crippen LogP contribution in [0.3, 0.4) is 0 Å². The van der Waals surface area contributed by atoms with E-state index >= 15 is 0 Å². The maximum Gasteiger partial charge on any atom is 0.222 e. The lowest BCUT2D eigenvalue weighted by molar-refractivity contribution is 1.31. The molecule has 12 heavy (non-hydrogen) atoms. The van der Waals surface area contributed by atoms with Crippen LogP contribution in [0.25, 0.3) is 0 Å². The molecule has 1 aromatic rings. The fourth-order valence-corrected chi connectivity index (χ4v) is 0.556. The Balaban J connectivity index is 2.77. The Morgan fingerprint density at radius 2 is 2.50 bits per heavy atom. The highest BCUT2D eigenvalue weighted by Gasteiger charge is 1.82. The van der Waals surface area contributed by atoms with E-state index in [2.05, 4.69) is 21.0 Å². The lowest BCUT2D eigenvalue weighted by Crippen LogP contribution is -2.03. The van der Waals surface area contributed by atoms with Crippen LogP contribution in [0.5, 0.6) is 0 Å². The maximum absolute atomic E-state index is 6.73. The molecule has 0 fully saturated rings. The zero-order valence-electron chi connectivity index (χ0n) is 6.23. The van der Waals surface area contributed by atoms with Gasteiger partial charge in [0.2, 0.25) is 5.96 Å². The molecule has 1 rings (SSSR count). The molecule has 0 bridgehead atoms. The van der Waals surface area contributed by atoms with Crippen LogP contribution in [0, 0.1) is 5.41 Å². The molecule has 5 nitrogen and oxygen atoms in total. The van der Waals surface area contributed by atoms with Crippen molar-refractivity contribution in [1.29, 1.82) is 5.41 Å². The van der Waals surface area contributed by atoms with Crippen LogP contribution in [0.2, 0.25) is 0 Å². The fourth-order valence-electron chi connectivity index (χ4n) is 0.556. The van der Waals surface area contributed by atoms with Crippen LogP contribution in [0.4, 0.5) is 5.69 Å². The van der Waals surface area contributed by atoms with E-state index in [9.17, 15) is 0 Å². The van der Waals surface area contributed by atoms with E-state index < -0.39 is 0 Å². The molecule has 1 heterocycles. The molecule has 5 heteroatoms. The Kier molecular flexibility index (Phi) is 2.70. The summed E-state index contributed by atoms with van der Waals surface area (Å²) in [5.74, 6) is -0.317. The summed E-state index contributed by atoms with van der Waals surface area (Å²) in [6.45, 7) is 0. The van der Waals surface area contributed by atoms with Gasteiger partial charge in [-0.25, -0.2) is 0 Å². The van der Waals surface area contributed by atoms with Gasteiger partial charge >= 0.3 is 0 Å². The zero-order chi connectivity index (χ0) is 8.81. The maximum atomic E-state index is 6.73. The monoisotopic (exact) mass is 161 g/mol. The number of aliphatic imine (C=N–C) groups is 2. The number of guanidine groups is 1. The predicted octanol–water partition coefficient (Wildman–Crippen LogP) is 0.780. The largest absolute Gasteiger partial charge is 0.368 e. The van der Waals surface area contributed by atoms with E-state index in [1.807, 2.05) is 0 Å². The number of rotatable bonds is 1. The zero-order valence-corrected chi connectivity index (χ0v) is 6.23. The minimum absolute atomic E-state index is 0.317. The SMILES string of the molecule is N=C(N)N=C=Nc1cccnc1. The average molecular weight is 161 g/mol. The van der Waals surface area contributed by atoms with Gasteiger partial charge in [0, 0.05) is 6.20 Å². The summed E-state index contributed by atoms with van der Waals surface area (Å²) in [5.41, 5.74) is 5.56. The molecular formula is C7H7N5. The van der Waals surface area contributed by atoms with Crippen molar-refractivity contribution in [3.8, 4) is 0 Å². The third-order valence-corrected chi connectivity index (χ3v) is 0.995. The molecule has 0 amide bonds.